The van der Waals surface area contributed by atoms with E-state index in [2.05, 4.69) is 32.9 Å². The summed E-state index contributed by atoms with van der Waals surface area (Å²) >= 11 is 0. The number of hydrogen-bond donors (Lipinski definition) is 0. The van der Waals surface area contributed by atoms with Gasteiger partial charge < -0.3 is 4.90 Å². The van der Waals surface area contributed by atoms with Gasteiger partial charge in [0.25, 0.3) is 0 Å². The SMILES string of the molecule is CN(Cc1ccccc1)C(=O)[C@]12CC[C@@](C)(c3nc4ccccc4nc31)C2(C)C. The first-order chi connectivity index (χ1) is 13.8. The summed E-state index contributed by atoms with van der Waals surface area (Å²) in [5, 5.41) is 0. The number of hydrogen-bond acceptors (Lipinski definition) is 3. The van der Waals surface area contributed by atoms with Gasteiger partial charge in [-0.3, -0.25) is 4.79 Å². The van der Waals surface area contributed by atoms with Gasteiger partial charge in [0.2, 0.25) is 5.91 Å². The summed E-state index contributed by atoms with van der Waals surface area (Å²) in [5.74, 6) is 0.165. The zero-order valence-corrected chi connectivity index (χ0v) is 17.6. The van der Waals surface area contributed by atoms with Crippen LogP contribution in [0.4, 0.5) is 0 Å². The van der Waals surface area contributed by atoms with Crippen molar-refractivity contribution in [3.8, 4) is 0 Å². The van der Waals surface area contributed by atoms with E-state index in [0.717, 1.165) is 40.8 Å². The normalized spacial score (nSPS) is 26.5. The van der Waals surface area contributed by atoms with E-state index in [1.807, 2.05) is 54.4 Å². The first-order valence-corrected chi connectivity index (χ1v) is 10.4. The third kappa shape index (κ3) is 2.17. The Morgan fingerprint density at radius 3 is 2.14 bits per heavy atom. The maximum atomic E-state index is 14.0. The summed E-state index contributed by atoms with van der Waals surface area (Å²) in [6.07, 6.45) is 1.79. The lowest BCUT2D eigenvalue weighted by molar-refractivity contribution is -0.140. The third-order valence-electron chi connectivity index (χ3n) is 7.92. The van der Waals surface area contributed by atoms with Gasteiger partial charge in [-0.25, -0.2) is 9.97 Å². The number of carbonyl (C=O) groups excluding carboxylic acids is 1. The number of aromatic nitrogens is 2. The number of carbonyl (C=O) groups is 1. The molecule has 2 aromatic carbocycles. The van der Waals surface area contributed by atoms with Gasteiger partial charge in [-0.2, -0.15) is 0 Å². The van der Waals surface area contributed by atoms with Crippen molar-refractivity contribution < 1.29 is 4.79 Å². The number of para-hydroxylation sites is 2. The standard InChI is InChI=1S/C25H27N3O/c1-23(2)24(3)14-15-25(23,22(29)28(4)16-17-10-6-5-7-11-17)21-20(24)26-18-12-8-9-13-19(18)27-21/h5-13H,14-16H2,1-4H3/t24-,25-/m0/s1. The fourth-order valence-corrected chi connectivity index (χ4v) is 5.78. The number of likely N-dealkylation sites (N-methyl/N-ethyl adjacent to an activating group) is 1. The Morgan fingerprint density at radius 2 is 1.48 bits per heavy atom. The highest BCUT2D eigenvalue weighted by Crippen LogP contribution is 2.70. The first kappa shape index (κ1) is 18.3. The minimum Gasteiger partial charge on any atom is -0.341 e. The average Bonchev–Trinajstić information content (AvgIpc) is 3.02. The molecular weight excluding hydrogens is 358 g/mol. The minimum atomic E-state index is -0.627. The van der Waals surface area contributed by atoms with E-state index in [0.29, 0.717) is 6.54 Å². The summed E-state index contributed by atoms with van der Waals surface area (Å²) in [6, 6.07) is 18.2. The second-order valence-electron chi connectivity index (χ2n) is 9.42. The molecule has 1 aromatic heterocycles. The second kappa shape index (κ2) is 5.88. The van der Waals surface area contributed by atoms with Gasteiger partial charge in [0.15, 0.2) is 0 Å². The fraction of sp³-hybridized carbons (Fsp3) is 0.400. The van der Waals surface area contributed by atoms with E-state index in [1.165, 1.54) is 0 Å². The molecule has 2 bridgehead atoms. The molecule has 1 heterocycles. The van der Waals surface area contributed by atoms with Gasteiger partial charge in [0, 0.05) is 19.0 Å². The molecule has 1 saturated carbocycles. The molecule has 2 aliphatic rings. The lowest BCUT2D eigenvalue weighted by Crippen LogP contribution is -2.51. The van der Waals surface area contributed by atoms with E-state index in [9.17, 15) is 4.79 Å². The van der Waals surface area contributed by atoms with Crippen molar-refractivity contribution >= 4 is 16.9 Å². The van der Waals surface area contributed by atoms with Crippen LogP contribution in [0.1, 0.15) is 50.6 Å². The third-order valence-corrected chi connectivity index (χ3v) is 7.92. The van der Waals surface area contributed by atoms with Gasteiger partial charge in [-0.15, -0.1) is 0 Å². The van der Waals surface area contributed by atoms with E-state index >= 15 is 0 Å². The predicted octanol–water partition coefficient (Wildman–Crippen LogP) is 4.62. The van der Waals surface area contributed by atoms with Crippen LogP contribution >= 0.6 is 0 Å². The van der Waals surface area contributed by atoms with Crippen LogP contribution < -0.4 is 0 Å². The average molecular weight is 386 g/mol. The molecule has 3 aromatic rings. The van der Waals surface area contributed by atoms with Crippen LogP contribution in [0.15, 0.2) is 54.6 Å². The van der Waals surface area contributed by atoms with Crippen LogP contribution in [0.25, 0.3) is 11.0 Å². The largest absolute Gasteiger partial charge is 0.341 e. The van der Waals surface area contributed by atoms with Crippen molar-refractivity contribution in [3.63, 3.8) is 0 Å². The Morgan fingerprint density at radius 1 is 0.897 bits per heavy atom. The molecule has 2 aliphatic carbocycles. The van der Waals surface area contributed by atoms with Crippen molar-refractivity contribution in [2.45, 2.75) is 51.0 Å². The number of nitrogens with zero attached hydrogens (tertiary/aromatic N) is 3. The van der Waals surface area contributed by atoms with Gasteiger partial charge in [-0.1, -0.05) is 63.2 Å². The van der Waals surface area contributed by atoms with Crippen molar-refractivity contribution in [2.24, 2.45) is 5.41 Å². The molecule has 0 N–H and O–H groups in total. The van der Waals surface area contributed by atoms with E-state index in [-0.39, 0.29) is 16.7 Å². The first-order valence-electron chi connectivity index (χ1n) is 10.4. The van der Waals surface area contributed by atoms with Crippen molar-refractivity contribution in [2.75, 3.05) is 7.05 Å². The van der Waals surface area contributed by atoms with Gasteiger partial charge in [0.05, 0.1) is 27.8 Å². The van der Waals surface area contributed by atoms with Crippen LogP contribution in [0.3, 0.4) is 0 Å². The summed E-state index contributed by atoms with van der Waals surface area (Å²) in [5.41, 5.74) is 3.82. The lowest BCUT2D eigenvalue weighted by Gasteiger charge is -2.41. The second-order valence-corrected chi connectivity index (χ2v) is 9.42. The summed E-state index contributed by atoms with van der Waals surface area (Å²) in [7, 11) is 1.92. The van der Waals surface area contributed by atoms with Crippen LogP contribution in [0.2, 0.25) is 0 Å². The van der Waals surface area contributed by atoms with E-state index in [4.69, 9.17) is 9.97 Å². The highest BCUT2D eigenvalue weighted by atomic mass is 16.2. The highest BCUT2D eigenvalue weighted by Gasteiger charge is 2.73. The summed E-state index contributed by atoms with van der Waals surface area (Å²) < 4.78 is 0. The van der Waals surface area contributed by atoms with Crippen LogP contribution in [0, 0.1) is 5.41 Å². The minimum absolute atomic E-state index is 0.150. The molecule has 0 spiro atoms. The fourth-order valence-electron chi connectivity index (χ4n) is 5.78. The van der Waals surface area contributed by atoms with Gasteiger partial charge in [-0.05, 0) is 36.0 Å². The van der Waals surface area contributed by atoms with Crippen molar-refractivity contribution in [3.05, 3.63) is 71.5 Å². The zero-order chi connectivity index (χ0) is 20.4. The number of benzene rings is 2. The monoisotopic (exact) mass is 385 g/mol. The van der Waals surface area contributed by atoms with Gasteiger partial charge in [0.1, 0.15) is 0 Å². The molecule has 5 rings (SSSR count). The summed E-state index contributed by atoms with van der Waals surface area (Å²) in [6.45, 7) is 7.35. The number of amides is 1. The Bertz CT molecular complexity index is 1120. The molecule has 1 amide bonds. The van der Waals surface area contributed by atoms with Crippen LogP contribution in [-0.4, -0.2) is 27.8 Å². The maximum Gasteiger partial charge on any atom is 0.235 e. The van der Waals surface area contributed by atoms with Crippen LogP contribution in [-0.2, 0) is 22.2 Å². The van der Waals surface area contributed by atoms with Crippen LogP contribution in [0.5, 0.6) is 0 Å². The van der Waals surface area contributed by atoms with Crippen molar-refractivity contribution in [1.82, 2.24) is 14.9 Å². The van der Waals surface area contributed by atoms with E-state index < -0.39 is 5.41 Å². The Balaban J connectivity index is 1.66. The molecule has 148 valence electrons. The Hall–Kier alpha value is -2.75. The molecule has 29 heavy (non-hydrogen) atoms. The quantitative estimate of drug-likeness (QED) is 0.661. The molecule has 0 saturated heterocycles. The lowest BCUT2D eigenvalue weighted by atomic mass is 9.63. The van der Waals surface area contributed by atoms with Crippen molar-refractivity contribution in [1.29, 1.82) is 0 Å². The predicted molar refractivity (Wildman–Crippen MR) is 114 cm³/mol. The Kier molecular flexibility index (Phi) is 3.71. The molecule has 4 heteroatoms. The number of rotatable bonds is 3. The molecule has 2 atom stereocenters. The zero-order valence-electron chi connectivity index (χ0n) is 17.6. The highest BCUT2D eigenvalue weighted by molar-refractivity contribution is 5.92. The summed E-state index contributed by atoms with van der Waals surface area (Å²) in [4.78, 5) is 26.0. The van der Waals surface area contributed by atoms with Gasteiger partial charge >= 0.3 is 0 Å². The van der Waals surface area contributed by atoms with E-state index in [1.54, 1.807) is 0 Å². The molecule has 0 unspecified atom stereocenters. The topological polar surface area (TPSA) is 46.1 Å². The Labute approximate surface area is 172 Å². The maximum absolute atomic E-state index is 14.0. The molecular formula is C25H27N3O. The smallest absolute Gasteiger partial charge is 0.235 e. The molecule has 1 fully saturated rings. The number of fused-ring (bicyclic) bond motifs is 6. The molecule has 0 aliphatic heterocycles. The molecule has 4 nitrogen and oxygen atoms in total. The molecule has 0 radical (unpaired) electrons.